The molecule has 2 heterocycles. The number of benzene rings is 2. The summed E-state index contributed by atoms with van der Waals surface area (Å²) in [6.45, 7) is 1.72. The van der Waals surface area contributed by atoms with Crippen LogP contribution in [0.3, 0.4) is 0 Å². The van der Waals surface area contributed by atoms with E-state index in [0.29, 0.717) is 11.1 Å². The number of hydrogen-bond acceptors (Lipinski definition) is 14. The number of carbonyl (C=O) groups excluding carboxylic acids is 5. The zero-order chi connectivity index (χ0) is 32.8. The van der Waals surface area contributed by atoms with E-state index in [0.717, 1.165) is 16.7 Å². The van der Waals surface area contributed by atoms with Crippen LogP contribution in [0.1, 0.15) is 31.4 Å². The molecule has 3 atom stereocenters. The van der Waals surface area contributed by atoms with E-state index < -0.39 is 70.1 Å². The summed E-state index contributed by atoms with van der Waals surface area (Å²) < 4.78 is 20.8. The van der Waals surface area contributed by atoms with Gasteiger partial charge in [0.2, 0.25) is 5.91 Å². The number of Topliss-reactive ketones (excluding diaryl/α,β-unsaturated/α-hetero) is 1. The number of hydrogen-bond donors (Lipinski definition) is 0. The predicted molar refractivity (Wildman–Crippen MR) is 152 cm³/mol. The van der Waals surface area contributed by atoms with Crippen molar-refractivity contribution >= 4 is 52.9 Å². The summed E-state index contributed by atoms with van der Waals surface area (Å²) in [4.78, 5) is 83.8. The lowest BCUT2D eigenvalue weighted by Crippen LogP contribution is -2.61. The van der Waals surface area contributed by atoms with Crippen molar-refractivity contribution in [1.82, 2.24) is 4.90 Å². The highest BCUT2D eigenvalue weighted by molar-refractivity contribution is 8.04. The third kappa shape index (κ3) is 7.80. The van der Waals surface area contributed by atoms with Gasteiger partial charge < -0.3 is 18.9 Å². The molecule has 0 radical (unpaired) electrons. The van der Waals surface area contributed by atoms with Gasteiger partial charge in [0.1, 0.15) is 55.1 Å². The number of ketones is 1. The highest BCUT2D eigenvalue weighted by Gasteiger charge is 2.59. The highest BCUT2D eigenvalue weighted by atomic mass is 32.2. The van der Waals surface area contributed by atoms with Crippen LogP contribution in [0, 0.1) is 26.1 Å². The van der Waals surface area contributed by atoms with Crippen LogP contribution < -0.4 is 0 Å². The molecule has 0 bridgehead atoms. The Bertz CT molecular complexity index is 1570. The lowest BCUT2D eigenvalue weighted by atomic mass is 9.92. The number of thioether (sulfide) groups is 1. The number of nitro groups is 2. The number of ether oxygens (including phenoxy) is 4. The van der Waals surface area contributed by atoms with Crippen LogP contribution in [0.4, 0.5) is 16.2 Å². The van der Waals surface area contributed by atoms with Gasteiger partial charge in [-0.2, -0.15) is 0 Å². The normalized spacial score (nSPS) is 17.5. The van der Waals surface area contributed by atoms with Gasteiger partial charge in [-0.1, -0.05) is 11.8 Å². The molecule has 2 aliphatic heterocycles. The Labute approximate surface area is 258 Å². The molecule has 2 aromatic rings. The van der Waals surface area contributed by atoms with Gasteiger partial charge in [-0.15, -0.1) is 0 Å². The van der Waals surface area contributed by atoms with Crippen LogP contribution in [0.2, 0.25) is 0 Å². The molecular weight excluding hydrogens is 618 g/mol. The Hall–Kier alpha value is -5.32. The Morgan fingerprint density at radius 3 is 1.91 bits per heavy atom. The summed E-state index contributed by atoms with van der Waals surface area (Å²) in [5, 5.41) is 20.9. The molecule has 1 fully saturated rings. The molecule has 0 saturated carbocycles. The van der Waals surface area contributed by atoms with Crippen LogP contribution >= 0.6 is 11.8 Å². The molecule has 2 aromatic carbocycles. The van der Waals surface area contributed by atoms with Gasteiger partial charge in [0.25, 0.3) is 11.4 Å². The Morgan fingerprint density at radius 1 is 0.867 bits per heavy atom. The average Bonchev–Trinajstić information content (AvgIpc) is 3.32. The topological polar surface area (TPSA) is 212 Å². The number of amides is 1. The second-order valence-electron chi connectivity index (χ2n) is 9.84. The number of nitro benzene ring substituents is 2. The maximum atomic E-state index is 13.2. The number of rotatable bonds is 13. The van der Waals surface area contributed by atoms with E-state index in [1.54, 1.807) is 0 Å². The van der Waals surface area contributed by atoms with Gasteiger partial charge in [-0.3, -0.25) is 39.5 Å². The lowest BCUT2D eigenvalue weighted by Gasteiger charge is -2.44. The van der Waals surface area contributed by atoms with E-state index in [-0.39, 0.29) is 35.2 Å². The van der Waals surface area contributed by atoms with Crippen molar-refractivity contribution in [3.8, 4) is 0 Å². The van der Waals surface area contributed by atoms with Crippen LogP contribution in [-0.4, -0.2) is 62.6 Å². The molecule has 236 valence electrons. The number of carbonyl (C=O) groups is 5. The van der Waals surface area contributed by atoms with Crippen molar-refractivity contribution in [3.63, 3.8) is 0 Å². The van der Waals surface area contributed by atoms with Gasteiger partial charge in [-0.25, -0.2) is 9.59 Å². The van der Waals surface area contributed by atoms with E-state index in [2.05, 4.69) is 0 Å². The number of esters is 2. The second-order valence-corrected chi connectivity index (χ2v) is 11.1. The fourth-order valence-electron chi connectivity index (χ4n) is 4.38. The lowest BCUT2D eigenvalue weighted by molar-refractivity contribution is -0.385. The SMILES string of the molecule is CC(=O)CC(=O)OCC1=C(C(=O)OCc2ccc([N+](=O)[O-])cc2)N2C(=O)[C@H]([C@@H](C)OC(=O)OCc3ccc([N+](=O)[O-])cc3)[C@H]2S1. The first-order chi connectivity index (χ1) is 21.3. The van der Waals surface area contributed by atoms with Gasteiger partial charge in [0.15, 0.2) is 0 Å². The van der Waals surface area contributed by atoms with Crippen molar-refractivity contribution in [2.75, 3.05) is 6.61 Å². The van der Waals surface area contributed by atoms with Crippen molar-refractivity contribution < 1.29 is 52.8 Å². The maximum Gasteiger partial charge on any atom is 0.508 e. The summed E-state index contributed by atoms with van der Waals surface area (Å²) in [5.74, 6) is -3.68. The van der Waals surface area contributed by atoms with Crippen LogP contribution in [0.25, 0.3) is 0 Å². The van der Waals surface area contributed by atoms with E-state index in [1.807, 2.05) is 0 Å². The van der Waals surface area contributed by atoms with E-state index in [4.69, 9.17) is 18.9 Å². The quantitative estimate of drug-likeness (QED) is 0.0763. The summed E-state index contributed by atoms with van der Waals surface area (Å²) in [6.07, 6.45) is -2.59. The van der Waals surface area contributed by atoms with Gasteiger partial charge in [-0.05, 0) is 49.2 Å². The summed E-state index contributed by atoms with van der Waals surface area (Å²) in [5.41, 5.74) is 0.437. The van der Waals surface area contributed by atoms with Gasteiger partial charge in [0, 0.05) is 24.3 Å². The number of nitrogens with zero attached hydrogens (tertiary/aromatic N) is 3. The first-order valence-corrected chi connectivity index (χ1v) is 14.1. The Balaban J connectivity index is 1.40. The molecule has 17 heteroatoms. The summed E-state index contributed by atoms with van der Waals surface area (Å²) in [7, 11) is 0. The zero-order valence-corrected chi connectivity index (χ0v) is 24.6. The summed E-state index contributed by atoms with van der Waals surface area (Å²) >= 11 is 1.03. The van der Waals surface area contributed by atoms with Gasteiger partial charge >= 0.3 is 18.1 Å². The minimum absolute atomic E-state index is 0.131. The summed E-state index contributed by atoms with van der Waals surface area (Å²) in [6, 6.07) is 10.6. The van der Waals surface area contributed by atoms with E-state index >= 15 is 0 Å². The third-order valence-corrected chi connectivity index (χ3v) is 7.95. The standard InChI is InChI=1S/C28H25N3O13S/c1-15(32)11-22(33)41-14-21-24(27(35)42-12-17-3-7-19(8-4-17)30(37)38)29-25(34)23(26(29)45-21)16(2)44-28(36)43-13-18-5-9-20(10-6-18)31(39)40/h3-10,16,23,26H,11-14H2,1-2H3/t16-,23+,26-/m1/s1. The van der Waals surface area contributed by atoms with Crippen LogP contribution in [0.5, 0.6) is 0 Å². The molecule has 0 spiro atoms. The molecule has 0 aliphatic carbocycles. The van der Waals surface area contributed by atoms with Crippen LogP contribution in [0.15, 0.2) is 59.1 Å². The fourth-order valence-corrected chi connectivity index (χ4v) is 5.89. The molecule has 4 rings (SSSR count). The maximum absolute atomic E-state index is 13.2. The minimum Gasteiger partial charge on any atom is -0.460 e. The smallest absolute Gasteiger partial charge is 0.460 e. The van der Waals surface area contributed by atoms with Crippen LogP contribution in [-0.2, 0) is 51.3 Å². The zero-order valence-electron chi connectivity index (χ0n) is 23.7. The Morgan fingerprint density at radius 2 is 1.40 bits per heavy atom. The number of β-lactam (4-membered cyclic amide) rings is 1. The minimum atomic E-state index is -1.09. The van der Waals surface area contributed by atoms with Crippen molar-refractivity contribution in [2.45, 2.75) is 45.0 Å². The highest BCUT2D eigenvalue weighted by Crippen LogP contribution is 2.51. The van der Waals surface area contributed by atoms with Crippen molar-refractivity contribution in [3.05, 3.63) is 90.5 Å². The number of non-ortho nitro benzene ring substituents is 2. The third-order valence-electron chi connectivity index (χ3n) is 6.61. The average molecular weight is 644 g/mol. The molecule has 0 unspecified atom stereocenters. The molecule has 1 saturated heterocycles. The molecule has 0 aromatic heterocycles. The monoisotopic (exact) mass is 643 g/mol. The van der Waals surface area contributed by atoms with E-state index in [1.165, 1.54) is 62.4 Å². The largest absolute Gasteiger partial charge is 0.508 e. The molecule has 0 N–H and O–H groups in total. The second kappa shape index (κ2) is 14.0. The molecule has 45 heavy (non-hydrogen) atoms. The number of fused-ring (bicyclic) bond motifs is 1. The molecule has 2 aliphatic rings. The Kier molecular flexibility index (Phi) is 10.1. The predicted octanol–water partition coefficient (Wildman–Crippen LogP) is 3.55. The van der Waals surface area contributed by atoms with E-state index in [9.17, 15) is 44.2 Å². The molecule has 16 nitrogen and oxygen atoms in total. The van der Waals surface area contributed by atoms with Crippen molar-refractivity contribution in [1.29, 1.82) is 0 Å². The molecular formula is C28H25N3O13S. The van der Waals surface area contributed by atoms with Crippen molar-refractivity contribution in [2.24, 2.45) is 5.92 Å². The first kappa shape index (κ1) is 32.6. The first-order valence-electron chi connectivity index (χ1n) is 13.2. The molecule has 1 amide bonds. The fraction of sp³-hybridized carbons (Fsp3) is 0.321. The van der Waals surface area contributed by atoms with Gasteiger partial charge in [0.05, 0.1) is 14.8 Å².